The molecule has 2 atom stereocenters. The van der Waals surface area contributed by atoms with E-state index in [4.69, 9.17) is 17.3 Å². The van der Waals surface area contributed by atoms with Crippen molar-refractivity contribution in [2.24, 2.45) is 0 Å². The van der Waals surface area contributed by atoms with Crippen LogP contribution in [0, 0.1) is 5.82 Å². The Morgan fingerprint density at radius 2 is 2.19 bits per heavy atom. The third kappa shape index (κ3) is 3.49. The zero-order chi connectivity index (χ0) is 15.6. The van der Waals surface area contributed by atoms with Crippen LogP contribution in [0.1, 0.15) is 28.9 Å². The number of anilines is 1. The zero-order valence-corrected chi connectivity index (χ0v) is 13.1. The Morgan fingerprint density at radius 1 is 1.48 bits per heavy atom. The Kier molecular flexibility index (Phi) is 4.76. The fraction of sp³-hybridized carbons (Fsp3) is 0.143. The Labute approximate surface area is 129 Å². The van der Waals surface area contributed by atoms with E-state index < -0.39 is 5.91 Å². The van der Waals surface area contributed by atoms with E-state index in [9.17, 15) is 9.18 Å². The van der Waals surface area contributed by atoms with Crippen molar-refractivity contribution < 1.29 is 9.18 Å². The van der Waals surface area contributed by atoms with Crippen molar-refractivity contribution in [3.05, 3.63) is 52.6 Å². The van der Waals surface area contributed by atoms with Crippen LogP contribution in [0.4, 0.5) is 10.1 Å². The number of aromatic nitrogens is 1. The normalized spacial score (nSPS) is 12.0. The van der Waals surface area contributed by atoms with Crippen LogP contribution >= 0.6 is 20.8 Å². The van der Waals surface area contributed by atoms with Crippen LogP contribution in [-0.2, 0) is 0 Å². The summed E-state index contributed by atoms with van der Waals surface area (Å²) in [5, 5.41) is 3.25. The van der Waals surface area contributed by atoms with Gasteiger partial charge in [-0.2, -0.15) is 0 Å². The standard InChI is InChI=1S/C14H14ClFN3OP/c1-7(8-2-3-9(16)11(21)6-8)19-14(20)12-10(17)4-5-18-13(12)15/h2-7H,21H2,1H3,(H2,17,18)(H,19,20)/t7-/m0/s1. The molecule has 0 aliphatic carbocycles. The molecule has 0 spiro atoms. The van der Waals surface area contributed by atoms with Crippen molar-refractivity contribution in [1.29, 1.82) is 0 Å². The number of hydrogen-bond donors (Lipinski definition) is 2. The summed E-state index contributed by atoms with van der Waals surface area (Å²) >= 11 is 5.89. The second kappa shape index (κ2) is 6.37. The van der Waals surface area contributed by atoms with E-state index in [-0.39, 0.29) is 28.3 Å². The Hall–Kier alpha value is -1.71. The molecular formula is C14H14ClFN3OP. The summed E-state index contributed by atoms with van der Waals surface area (Å²) in [5.41, 5.74) is 6.91. The fourth-order valence-electron chi connectivity index (χ4n) is 1.86. The lowest BCUT2D eigenvalue weighted by molar-refractivity contribution is 0.0940. The summed E-state index contributed by atoms with van der Waals surface area (Å²) in [6, 6.07) is 5.80. The molecule has 1 aromatic carbocycles. The molecule has 1 unspecified atom stereocenters. The molecule has 3 N–H and O–H groups in total. The van der Waals surface area contributed by atoms with E-state index in [2.05, 4.69) is 19.5 Å². The van der Waals surface area contributed by atoms with Crippen molar-refractivity contribution >= 4 is 37.7 Å². The number of benzene rings is 1. The third-order valence-electron chi connectivity index (χ3n) is 3.03. The van der Waals surface area contributed by atoms with Gasteiger partial charge >= 0.3 is 0 Å². The van der Waals surface area contributed by atoms with Gasteiger partial charge in [0.05, 0.1) is 11.6 Å². The van der Waals surface area contributed by atoms with Gasteiger partial charge in [0.1, 0.15) is 11.0 Å². The molecule has 2 aromatic rings. The van der Waals surface area contributed by atoms with Crippen LogP contribution in [0.15, 0.2) is 30.5 Å². The zero-order valence-electron chi connectivity index (χ0n) is 11.2. The average molecular weight is 326 g/mol. The number of pyridine rings is 1. The quantitative estimate of drug-likeness (QED) is 0.673. The van der Waals surface area contributed by atoms with Crippen LogP contribution < -0.4 is 16.4 Å². The number of rotatable bonds is 3. The molecule has 1 aromatic heterocycles. The Bertz CT molecular complexity index is 676. The second-order valence-corrected chi connectivity index (χ2v) is 5.52. The van der Waals surface area contributed by atoms with Gasteiger partial charge in [0, 0.05) is 17.2 Å². The van der Waals surface area contributed by atoms with Gasteiger partial charge in [-0.05, 0) is 30.7 Å². The first-order chi connectivity index (χ1) is 9.90. The van der Waals surface area contributed by atoms with Gasteiger partial charge < -0.3 is 11.1 Å². The molecule has 0 radical (unpaired) electrons. The number of hydrogen-bond acceptors (Lipinski definition) is 3. The molecule has 0 aliphatic rings. The lowest BCUT2D eigenvalue weighted by atomic mass is 10.1. The van der Waals surface area contributed by atoms with Crippen molar-refractivity contribution in [3.63, 3.8) is 0 Å². The molecule has 0 fully saturated rings. The minimum atomic E-state index is -0.423. The molecule has 1 heterocycles. The lowest BCUT2D eigenvalue weighted by Crippen LogP contribution is -2.28. The van der Waals surface area contributed by atoms with Crippen molar-refractivity contribution in [1.82, 2.24) is 10.3 Å². The highest BCUT2D eigenvalue weighted by Gasteiger charge is 2.18. The Morgan fingerprint density at radius 3 is 2.81 bits per heavy atom. The topological polar surface area (TPSA) is 68.0 Å². The highest BCUT2D eigenvalue weighted by molar-refractivity contribution is 7.27. The fourth-order valence-corrected chi connectivity index (χ4v) is 2.40. The SMILES string of the molecule is C[C@H](NC(=O)c1c(N)ccnc1Cl)c1ccc(F)c(P)c1. The van der Waals surface area contributed by atoms with Gasteiger partial charge in [-0.1, -0.05) is 17.7 Å². The van der Waals surface area contributed by atoms with Crippen LogP contribution in [0.2, 0.25) is 5.15 Å². The van der Waals surface area contributed by atoms with E-state index in [1.807, 2.05) is 0 Å². The van der Waals surface area contributed by atoms with E-state index in [1.54, 1.807) is 19.1 Å². The number of carbonyl (C=O) groups is 1. The van der Waals surface area contributed by atoms with E-state index in [0.29, 0.717) is 5.30 Å². The molecule has 0 saturated heterocycles. The smallest absolute Gasteiger partial charge is 0.256 e. The molecule has 110 valence electrons. The van der Waals surface area contributed by atoms with Crippen molar-refractivity contribution in [2.75, 3.05) is 5.73 Å². The Balaban J connectivity index is 2.21. The molecule has 0 aliphatic heterocycles. The summed E-state index contributed by atoms with van der Waals surface area (Å²) in [7, 11) is 2.31. The second-order valence-electron chi connectivity index (χ2n) is 4.54. The maximum absolute atomic E-state index is 13.2. The van der Waals surface area contributed by atoms with E-state index in [1.165, 1.54) is 18.3 Å². The molecule has 4 nitrogen and oxygen atoms in total. The molecular weight excluding hydrogens is 312 g/mol. The van der Waals surface area contributed by atoms with E-state index >= 15 is 0 Å². The molecule has 21 heavy (non-hydrogen) atoms. The number of nitrogens with one attached hydrogen (secondary N) is 1. The lowest BCUT2D eigenvalue weighted by Gasteiger charge is -2.16. The molecule has 2 rings (SSSR count). The number of nitrogens with zero attached hydrogens (tertiary/aromatic N) is 1. The van der Waals surface area contributed by atoms with Crippen molar-refractivity contribution in [3.8, 4) is 0 Å². The highest BCUT2D eigenvalue weighted by atomic mass is 35.5. The number of carbonyl (C=O) groups excluding carboxylic acids is 1. The summed E-state index contributed by atoms with van der Waals surface area (Å²) in [4.78, 5) is 16.1. The highest BCUT2D eigenvalue weighted by Crippen LogP contribution is 2.21. The summed E-state index contributed by atoms with van der Waals surface area (Å²) in [6.45, 7) is 1.79. The van der Waals surface area contributed by atoms with Crippen LogP contribution in [0.3, 0.4) is 0 Å². The molecule has 1 amide bonds. The van der Waals surface area contributed by atoms with Gasteiger partial charge in [0.2, 0.25) is 0 Å². The molecule has 7 heteroatoms. The number of nitrogens with two attached hydrogens (primary N) is 1. The van der Waals surface area contributed by atoms with Crippen LogP contribution in [0.5, 0.6) is 0 Å². The summed E-state index contributed by atoms with van der Waals surface area (Å²) in [5.74, 6) is -0.741. The minimum absolute atomic E-state index is 0.0468. The number of halogens is 2. The monoisotopic (exact) mass is 325 g/mol. The third-order valence-corrected chi connectivity index (χ3v) is 3.76. The van der Waals surface area contributed by atoms with Gasteiger partial charge in [0.25, 0.3) is 5.91 Å². The van der Waals surface area contributed by atoms with Gasteiger partial charge in [-0.3, -0.25) is 4.79 Å². The first-order valence-corrected chi connectivity index (χ1v) is 7.11. The predicted octanol–water partition coefficient (Wildman–Crippen LogP) is 2.45. The maximum Gasteiger partial charge on any atom is 0.256 e. The predicted molar refractivity (Wildman–Crippen MR) is 85.3 cm³/mol. The molecule has 0 saturated carbocycles. The van der Waals surface area contributed by atoms with Crippen LogP contribution in [0.25, 0.3) is 0 Å². The van der Waals surface area contributed by atoms with Gasteiger partial charge in [0.15, 0.2) is 0 Å². The van der Waals surface area contributed by atoms with Crippen LogP contribution in [-0.4, -0.2) is 10.9 Å². The van der Waals surface area contributed by atoms with Gasteiger partial charge in [-0.25, -0.2) is 9.37 Å². The number of amides is 1. The molecule has 0 bridgehead atoms. The average Bonchev–Trinajstić information content (AvgIpc) is 2.41. The summed E-state index contributed by atoms with van der Waals surface area (Å²) in [6.07, 6.45) is 1.43. The summed E-state index contributed by atoms with van der Waals surface area (Å²) < 4.78 is 13.2. The number of nitrogen functional groups attached to an aromatic ring is 1. The van der Waals surface area contributed by atoms with Crippen molar-refractivity contribution in [2.45, 2.75) is 13.0 Å². The minimum Gasteiger partial charge on any atom is -0.398 e. The maximum atomic E-state index is 13.2. The first-order valence-electron chi connectivity index (χ1n) is 6.16. The first kappa shape index (κ1) is 15.7. The largest absolute Gasteiger partial charge is 0.398 e. The van der Waals surface area contributed by atoms with Gasteiger partial charge in [-0.15, -0.1) is 9.24 Å². The van der Waals surface area contributed by atoms with E-state index in [0.717, 1.165) is 5.56 Å².